The number of carbonyl (C=O) groups excluding carboxylic acids is 1. The van der Waals surface area contributed by atoms with E-state index in [1.54, 1.807) is 6.92 Å². The number of amides is 1. The van der Waals surface area contributed by atoms with Crippen molar-refractivity contribution in [3.05, 3.63) is 71.8 Å². The van der Waals surface area contributed by atoms with Crippen molar-refractivity contribution in [3.63, 3.8) is 0 Å². The molecular formula is C25H33NO2. The van der Waals surface area contributed by atoms with Crippen molar-refractivity contribution in [2.24, 2.45) is 0 Å². The Morgan fingerprint density at radius 1 is 1.11 bits per heavy atom. The zero-order valence-corrected chi connectivity index (χ0v) is 17.4. The van der Waals surface area contributed by atoms with E-state index < -0.39 is 0 Å². The van der Waals surface area contributed by atoms with Gasteiger partial charge >= 0.3 is 0 Å². The predicted molar refractivity (Wildman–Crippen MR) is 114 cm³/mol. The van der Waals surface area contributed by atoms with Crippen LogP contribution in [0.1, 0.15) is 57.1 Å². The molecule has 0 aliphatic carbocycles. The van der Waals surface area contributed by atoms with Crippen molar-refractivity contribution in [2.75, 3.05) is 13.2 Å². The fourth-order valence-electron chi connectivity index (χ4n) is 4.37. The molecule has 150 valence electrons. The van der Waals surface area contributed by atoms with Crippen LogP contribution in [0.2, 0.25) is 0 Å². The molecule has 1 amide bonds. The van der Waals surface area contributed by atoms with Gasteiger partial charge in [0, 0.05) is 26.1 Å². The smallest absolute Gasteiger partial charge is 0.219 e. The molecule has 0 radical (unpaired) electrons. The van der Waals surface area contributed by atoms with Crippen molar-refractivity contribution in [1.29, 1.82) is 0 Å². The lowest BCUT2D eigenvalue weighted by Crippen LogP contribution is -2.48. The molecule has 0 saturated carbocycles. The van der Waals surface area contributed by atoms with Crippen molar-refractivity contribution in [1.82, 2.24) is 4.90 Å². The Kier molecular flexibility index (Phi) is 6.90. The summed E-state index contributed by atoms with van der Waals surface area (Å²) in [5.74, 6) is 0.576. The number of rotatable bonds is 7. The molecule has 1 fully saturated rings. The first kappa shape index (κ1) is 20.6. The molecule has 28 heavy (non-hydrogen) atoms. The Hall–Kier alpha value is -2.13. The second kappa shape index (κ2) is 9.38. The molecule has 3 heteroatoms. The Morgan fingerprint density at radius 3 is 2.36 bits per heavy atom. The van der Waals surface area contributed by atoms with E-state index >= 15 is 0 Å². The van der Waals surface area contributed by atoms with Gasteiger partial charge in [-0.05, 0) is 56.6 Å². The molecule has 3 rings (SSSR count). The summed E-state index contributed by atoms with van der Waals surface area (Å²) in [4.78, 5) is 14.5. The summed E-state index contributed by atoms with van der Waals surface area (Å²) in [6, 6.07) is 21.6. The fraction of sp³-hybridized carbons (Fsp3) is 0.480. The van der Waals surface area contributed by atoms with E-state index in [0.717, 1.165) is 38.8 Å². The van der Waals surface area contributed by atoms with Crippen LogP contribution in [0, 0.1) is 0 Å². The number of carbonyl (C=O) groups is 1. The first-order valence-electron chi connectivity index (χ1n) is 10.4. The molecule has 2 atom stereocenters. The van der Waals surface area contributed by atoms with Crippen molar-refractivity contribution in [2.45, 2.75) is 64.0 Å². The van der Waals surface area contributed by atoms with E-state index in [1.165, 1.54) is 11.1 Å². The van der Waals surface area contributed by atoms with Gasteiger partial charge in [-0.2, -0.15) is 0 Å². The molecule has 2 aromatic rings. The van der Waals surface area contributed by atoms with Gasteiger partial charge in [-0.25, -0.2) is 0 Å². The molecule has 0 aromatic heterocycles. The van der Waals surface area contributed by atoms with Gasteiger partial charge in [0.25, 0.3) is 0 Å². The number of nitrogens with zero attached hydrogens (tertiary/aromatic N) is 1. The third-order valence-corrected chi connectivity index (χ3v) is 5.83. The van der Waals surface area contributed by atoms with Gasteiger partial charge in [0.2, 0.25) is 5.91 Å². The molecule has 2 aromatic carbocycles. The zero-order valence-electron chi connectivity index (χ0n) is 17.4. The highest BCUT2D eigenvalue weighted by Crippen LogP contribution is 2.30. The predicted octanol–water partition coefficient (Wildman–Crippen LogP) is 5.21. The largest absolute Gasteiger partial charge is 0.375 e. The summed E-state index contributed by atoms with van der Waals surface area (Å²) in [6.45, 7) is 7.48. The van der Waals surface area contributed by atoms with Gasteiger partial charge in [-0.15, -0.1) is 0 Å². The Bertz CT molecular complexity index is 742. The van der Waals surface area contributed by atoms with Gasteiger partial charge in [0.1, 0.15) is 0 Å². The maximum Gasteiger partial charge on any atom is 0.219 e. The normalized spacial score (nSPS) is 19.8. The molecule has 0 N–H and O–H groups in total. The molecular weight excluding hydrogens is 346 g/mol. The van der Waals surface area contributed by atoms with Crippen molar-refractivity contribution >= 4 is 5.91 Å². The first-order valence-corrected chi connectivity index (χ1v) is 10.4. The quantitative estimate of drug-likeness (QED) is 0.661. The highest BCUT2D eigenvalue weighted by atomic mass is 16.5. The van der Waals surface area contributed by atoms with Crippen LogP contribution in [0.3, 0.4) is 0 Å². The number of hydrogen-bond acceptors (Lipinski definition) is 2. The van der Waals surface area contributed by atoms with Gasteiger partial charge in [0.05, 0.1) is 5.60 Å². The molecule has 1 aliphatic rings. The Balaban J connectivity index is 1.72. The third kappa shape index (κ3) is 5.68. The summed E-state index contributed by atoms with van der Waals surface area (Å²) in [7, 11) is 0. The van der Waals surface area contributed by atoms with E-state index in [-0.39, 0.29) is 17.6 Å². The van der Waals surface area contributed by atoms with E-state index in [9.17, 15) is 4.79 Å². The molecule has 1 heterocycles. The van der Waals surface area contributed by atoms with Crippen LogP contribution < -0.4 is 0 Å². The maximum absolute atomic E-state index is 12.4. The first-order chi connectivity index (χ1) is 13.4. The highest BCUT2D eigenvalue weighted by molar-refractivity contribution is 5.73. The summed E-state index contributed by atoms with van der Waals surface area (Å²) in [5, 5.41) is 0. The van der Waals surface area contributed by atoms with E-state index in [4.69, 9.17) is 4.74 Å². The van der Waals surface area contributed by atoms with E-state index in [1.807, 2.05) is 0 Å². The topological polar surface area (TPSA) is 29.5 Å². The fourth-order valence-corrected chi connectivity index (χ4v) is 4.37. The average molecular weight is 380 g/mol. The lowest BCUT2D eigenvalue weighted by molar-refractivity contribution is -0.138. The molecule has 3 nitrogen and oxygen atoms in total. The number of hydrogen-bond donors (Lipinski definition) is 0. The summed E-state index contributed by atoms with van der Waals surface area (Å²) in [5.41, 5.74) is 2.54. The SMILES string of the molecule is CC(=O)N(CC[C@H](Cc1ccccc1)c1ccccc1)[C@H]1CCOC(C)(C)C1. The summed E-state index contributed by atoms with van der Waals surface area (Å²) < 4.78 is 5.86. The van der Waals surface area contributed by atoms with Gasteiger partial charge in [0.15, 0.2) is 0 Å². The van der Waals surface area contributed by atoms with Crippen molar-refractivity contribution < 1.29 is 9.53 Å². The van der Waals surface area contributed by atoms with Crippen LogP contribution in [0.15, 0.2) is 60.7 Å². The zero-order chi connectivity index (χ0) is 20.0. The molecule has 0 bridgehead atoms. The van der Waals surface area contributed by atoms with Crippen molar-refractivity contribution in [3.8, 4) is 0 Å². The van der Waals surface area contributed by atoms with Crippen LogP contribution in [0.5, 0.6) is 0 Å². The Labute approximate surface area is 169 Å². The highest BCUT2D eigenvalue weighted by Gasteiger charge is 2.33. The molecule has 1 saturated heterocycles. The number of benzene rings is 2. The van der Waals surface area contributed by atoms with Crippen LogP contribution >= 0.6 is 0 Å². The van der Waals surface area contributed by atoms with Crippen LogP contribution in [0.4, 0.5) is 0 Å². The average Bonchev–Trinajstić information content (AvgIpc) is 2.68. The monoisotopic (exact) mass is 379 g/mol. The second-order valence-electron chi connectivity index (χ2n) is 8.55. The van der Waals surface area contributed by atoms with Gasteiger partial charge in [-0.1, -0.05) is 60.7 Å². The van der Waals surface area contributed by atoms with Crippen LogP contribution in [-0.2, 0) is 16.0 Å². The lowest BCUT2D eigenvalue weighted by atomic mass is 9.88. The minimum absolute atomic E-state index is 0.153. The summed E-state index contributed by atoms with van der Waals surface area (Å²) in [6.07, 6.45) is 3.80. The van der Waals surface area contributed by atoms with E-state index in [2.05, 4.69) is 79.4 Å². The van der Waals surface area contributed by atoms with Gasteiger partial charge < -0.3 is 9.64 Å². The third-order valence-electron chi connectivity index (χ3n) is 5.83. The van der Waals surface area contributed by atoms with Crippen LogP contribution in [0.25, 0.3) is 0 Å². The second-order valence-corrected chi connectivity index (χ2v) is 8.55. The van der Waals surface area contributed by atoms with E-state index in [0.29, 0.717) is 5.92 Å². The standard InChI is InChI=1S/C25H33NO2/c1-20(27)26(24-15-17-28-25(2,3)19-24)16-14-23(22-12-8-5-9-13-22)18-21-10-6-4-7-11-21/h4-13,23-24H,14-19H2,1-3H3/t23-,24+/m1/s1. The maximum atomic E-state index is 12.4. The molecule has 1 aliphatic heterocycles. The molecule has 0 spiro atoms. The Morgan fingerprint density at radius 2 is 1.75 bits per heavy atom. The molecule has 0 unspecified atom stereocenters. The minimum Gasteiger partial charge on any atom is -0.375 e. The lowest BCUT2D eigenvalue weighted by Gasteiger charge is -2.41. The van der Waals surface area contributed by atoms with Crippen LogP contribution in [-0.4, -0.2) is 35.6 Å². The minimum atomic E-state index is -0.153. The van der Waals surface area contributed by atoms with Gasteiger partial charge in [-0.3, -0.25) is 4.79 Å². The number of ether oxygens (including phenoxy) is 1. The summed E-state index contributed by atoms with van der Waals surface area (Å²) >= 11 is 0.